The maximum atomic E-state index is 12.9. The summed E-state index contributed by atoms with van der Waals surface area (Å²) in [4.78, 5) is 12.9. The van der Waals surface area contributed by atoms with E-state index in [4.69, 9.17) is 0 Å². The van der Waals surface area contributed by atoms with Gasteiger partial charge < -0.3 is 10.2 Å². The minimum Gasteiger partial charge on any atom is -0.504 e. The van der Waals surface area contributed by atoms with Crippen molar-refractivity contribution in [3.8, 4) is 0 Å². The zero-order valence-electron chi connectivity index (χ0n) is 13.3. The molecule has 0 saturated heterocycles. The SMILES string of the molecule is C=C1CCC(O)C2(C)C1=C(O)C(=O)c1c2ccc2c1CCC2=C. The number of rotatable bonds is 0. The van der Waals surface area contributed by atoms with E-state index in [0.29, 0.717) is 24.0 Å². The highest BCUT2D eigenvalue weighted by atomic mass is 16.3. The van der Waals surface area contributed by atoms with Crippen LogP contribution in [0, 0.1) is 0 Å². The zero-order chi connectivity index (χ0) is 16.5. The number of carbonyl (C=O) groups excluding carboxylic acids is 1. The van der Waals surface area contributed by atoms with Gasteiger partial charge in [0.1, 0.15) is 0 Å². The number of hydrogen-bond donors (Lipinski definition) is 2. The number of fused-ring (bicyclic) bond motifs is 5. The summed E-state index contributed by atoms with van der Waals surface area (Å²) in [7, 11) is 0. The molecule has 0 amide bonds. The fourth-order valence-electron chi connectivity index (χ4n) is 4.56. The molecule has 4 rings (SSSR count). The van der Waals surface area contributed by atoms with Crippen LogP contribution in [0.3, 0.4) is 0 Å². The van der Waals surface area contributed by atoms with Gasteiger partial charge in [-0.1, -0.05) is 25.3 Å². The molecule has 3 aliphatic rings. The van der Waals surface area contributed by atoms with Gasteiger partial charge in [-0.15, -0.1) is 0 Å². The minimum absolute atomic E-state index is 0.241. The van der Waals surface area contributed by atoms with Crippen molar-refractivity contribution in [2.24, 2.45) is 0 Å². The van der Waals surface area contributed by atoms with Gasteiger partial charge in [0.2, 0.25) is 5.78 Å². The van der Waals surface area contributed by atoms with E-state index in [1.165, 1.54) is 0 Å². The number of allylic oxidation sites excluding steroid dienone is 3. The van der Waals surface area contributed by atoms with Crippen molar-refractivity contribution in [3.63, 3.8) is 0 Å². The van der Waals surface area contributed by atoms with Crippen molar-refractivity contribution in [3.05, 3.63) is 64.4 Å². The molecule has 0 aromatic heterocycles. The molecule has 1 saturated carbocycles. The first kappa shape index (κ1) is 14.5. The van der Waals surface area contributed by atoms with Gasteiger partial charge in [-0.05, 0) is 60.4 Å². The average molecular weight is 308 g/mol. The molecule has 3 aliphatic carbocycles. The molecule has 0 heterocycles. The Balaban J connectivity index is 2.08. The highest BCUT2D eigenvalue weighted by Crippen LogP contribution is 2.52. The molecule has 3 heteroatoms. The van der Waals surface area contributed by atoms with E-state index in [9.17, 15) is 15.0 Å². The Morgan fingerprint density at radius 1 is 1.17 bits per heavy atom. The van der Waals surface area contributed by atoms with Crippen LogP contribution in [-0.4, -0.2) is 22.1 Å². The highest BCUT2D eigenvalue weighted by Gasteiger charge is 2.51. The summed E-state index contributed by atoms with van der Waals surface area (Å²) in [6.45, 7) is 10.0. The van der Waals surface area contributed by atoms with Gasteiger partial charge in [-0.2, -0.15) is 0 Å². The van der Waals surface area contributed by atoms with Crippen LogP contribution < -0.4 is 0 Å². The van der Waals surface area contributed by atoms with Crippen molar-refractivity contribution < 1.29 is 15.0 Å². The number of aliphatic hydroxyl groups excluding tert-OH is 2. The number of hydrogen-bond acceptors (Lipinski definition) is 3. The van der Waals surface area contributed by atoms with Gasteiger partial charge >= 0.3 is 0 Å². The normalized spacial score (nSPS) is 29.5. The van der Waals surface area contributed by atoms with E-state index in [1.54, 1.807) is 0 Å². The van der Waals surface area contributed by atoms with E-state index in [1.807, 2.05) is 19.1 Å². The monoisotopic (exact) mass is 308 g/mol. The summed E-state index contributed by atoms with van der Waals surface area (Å²) < 4.78 is 0. The van der Waals surface area contributed by atoms with Crippen molar-refractivity contribution in [2.75, 3.05) is 0 Å². The lowest BCUT2D eigenvalue weighted by molar-refractivity contribution is 0.0792. The molecule has 1 aromatic carbocycles. The van der Waals surface area contributed by atoms with E-state index in [2.05, 4.69) is 13.2 Å². The molecule has 2 unspecified atom stereocenters. The third-order valence-electron chi connectivity index (χ3n) is 5.87. The van der Waals surface area contributed by atoms with E-state index in [0.717, 1.165) is 40.7 Å². The molecular formula is C20H20O3. The number of ketones is 1. The van der Waals surface area contributed by atoms with Crippen molar-refractivity contribution >= 4 is 11.4 Å². The lowest BCUT2D eigenvalue weighted by Crippen LogP contribution is -2.47. The van der Waals surface area contributed by atoms with Crippen molar-refractivity contribution in [1.82, 2.24) is 0 Å². The first-order valence-electron chi connectivity index (χ1n) is 8.06. The maximum absolute atomic E-state index is 12.9. The second-order valence-corrected chi connectivity index (χ2v) is 7.03. The van der Waals surface area contributed by atoms with Crippen LogP contribution in [0.5, 0.6) is 0 Å². The summed E-state index contributed by atoms with van der Waals surface area (Å²) in [5.41, 5.74) is 4.89. The quantitative estimate of drug-likeness (QED) is 0.769. The van der Waals surface area contributed by atoms with Crippen LogP contribution in [0.15, 0.2) is 42.2 Å². The fraction of sp³-hybridized carbons (Fsp3) is 0.350. The summed E-state index contributed by atoms with van der Waals surface area (Å²) in [5.74, 6) is -0.580. The molecule has 2 atom stereocenters. The van der Waals surface area contributed by atoms with Crippen molar-refractivity contribution in [1.29, 1.82) is 0 Å². The third kappa shape index (κ3) is 1.61. The van der Waals surface area contributed by atoms with Crippen LogP contribution in [0.2, 0.25) is 0 Å². The van der Waals surface area contributed by atoms with Crippen LogP contribution in [0.1, 0.15) is 53.2 Å². The van der Waals surface area contributed by atoms with Gasteiger partial charge in [0.05, 0.1) is 6.10 Å². The van der Waals surface area contributed by atoms with E-state index >= 15 is 0 Å². The lowest BCUT2D eigenvalue weighted by Gasteiger charge is -2.45. The molecule has 0 radical (unpaired) electrons. The summed E-state index contributed by atoms with van der Waals surface area (Å²) >= 11 is 0. The molecule has 0 aliphatic heterocycles. The number of aliphatic hydroxyl groups is 2. The Morgan fingerprint density at radius 2 is 1.91 bits per heavy atom. The second-order valence-electron chi connectivity index (χ2n) is 7.03. The molecule has 1 fully saturated rings. The number of carbonyl (C=O) groups is 1. The Hall–Kier alpha value is -2.13. The standard InChI is InChI=1S/C20H20O3/c1-10-4-6-13-12(10)7-8-14-16(13)18(22)19(23)17-11(2)5-9-15(21)20(14,17)3/h7-8,15,21,23H,1-2,4-6,9H2,3H3. The van der Waals surface area contributed by atoms with E-state index < -0.39 is 11.5 Å². The largest absolute Gasteiger partial charge is 0.504 e. The number of benzene rings is 1. The molecule has 3 nitrogen and oxygen atoms in total. The summed E-state index contributed by atoms with van der Waals surface area (Å²) in [5, 5.41) is 21.3. The Labute approximate surface area is 135 Å². The maximum Gasteiger partial charge on any atom is 0.228 e. The molecular weight excluding hydrogens is 288 g/mol. The Kier molecular flexibility index (Phi) is 2.80. The van der Waals surface area contributed by atoms with Crippen LogP contribution >= 0.6 is 0 Å². The first-order chi connectivity index (χ1) is 10.9. The molecule has 23 heavy (non-hydrogen) atoms. The Bertz CT molecular complexity index is 828. The van der Waals surface area contributed by atoms with Crippen LogP contribution in [-0.2, 0) is 11.8 Å². The highest BCUT2D eigenvalue weighted by molar-refractivity contribution is 6.13. The lowest BCUT2D eigenvalue weighted by atomic mass is 9.59. The summed E-state index contributed by atoms with van der Waals surface area (Å²) in [6.07, 6.45) is 2.14. The predicted octanol–water partition coefficient (Wildman–Crippen LogP) is 3.62. The molecule has 0 bridgehead atoms. The van der Waals surface area contributed by atoms with Gasteiger partial charge in [-0.3, -0.25) is 4.79 Å². The van der Waals surface area contributed by atoms with Gasteiger partial charge in [-0.25, -0.2) is 0 Å². The van der Waals surface area contributed by atoms with Gasteiger partial charge in [0, 0.05) is 16.6 Å². The average Bonchev–Trinajstić information content (AvgIpc) is 2.90. The fourth-order valence-corrected chi connectivity index (χ4v) is 4.56. The van der Waals surface area contributed by atoms with Crippen LogP contribution in [0.4, 0.5) is 0 Å². The second kappa shape index (κ2) is 4.45. The molecule has 118 valence electrons. The smallest absolute Gasteiger partial charge is 0.228 e. The zero-order valence-corrected chi connectivity index (χ0v) is 13.3. The molecule has 2 N–H and O–H groups in total. The van der Waals surface area contributed by atoms with Gasteiger partial charge in [0.15, 0.2) is 5.76 Å². The van der Waals surface area contributed by atoms with E-state index in [-0.39, 0.29) is 11.5 Å². The van der Waals surface area contributed by atoms with Gasteiger partial charge in [0.25, 0.3) is 0 Å². The third-order valence-corrected chi connectivity index (χ3v) is 5.87. The predicted molar refractivity (Wildman–Crippen MR) is 89.5 cm³/mol. The minimum atomic E-state index is -0.776. The summed E-state index contributed by atoms with van der Waals surface area (Å²) in [6, 6.07) is 3.93. The Morgan fingerprint density at radius 3 is 2.65 bits per heavy atom. The molecule has 0 spiro atoms. The topological polar surface area (TPSA) is 57.5 Å². The molecule has 1 aromatic rings. The van der Waals surface area contributed by atoms with Crippen LogP contribution in [0.25, 0.3) is 5.57 Å². The number of Topliss-reactive ketones (excluding diaryl/α,β-unsaturated/α-hetero) is 1. The first-order valence-corrected chi connectivity index (χ1v) is 8.06. The van der Waals surface area contributed by atoms with Crippen molar-refractivity contribution in [2.45, 2.75) is 44.1 Å².